The van der Waals surface area contributed by atoms with Gasteiger partial charge in [0.15, 0.2) is 6.61 Å². The Balaban J connectivity index is 1.79. The van der Waals surface area contributed by atoms with E-state index in [1.54, 1.807) is 0 Å². The Morgan fingerprint density at radius 3 is 2.91 bits per heavy atom. The number of aliphatic hydroxyl groups excluding tert-OH is 1. The summed E-state index contributed by atoms with van der Waals surface area (Å²) in [5, 5.41) is 12.4. The summed E-state index contributed by atoms with van der Waals surface area (Å²) in [5.74, 6) is 1.11. The van der Waals surface area contributed by atoms with Crippen molar-refractivity contribution in [2.45, 2.75) is 38.0 Å². The molecular formula is C18H24N2O3. The molecule has 0 bridgehead atoms. The average Bonchev–Trinajstić information content (AvgIpc) is 3.03. The van der Waals surface area contributed by atoms with Crippen LogP contribution in [0.2, 0.25) is 0 Å². The second kappa shape index (κ2) is 7.51. The Morgan fingerprint density at radius 1 is 1.30 bits per heavy atom. The fourth-order valence-corrected chi connectivity index (χ4v) is 3.42. The molecule has 5 heteroatoms. The van der Waals surface area contributed by atoms with Crippen molar-refractivity contribution in [1.82, 2.24) is 10.3 Å². The van der Waals surface area contributed by atoms with Crippen LogP contribution in [0.3, 0.4) is 0 Å². The van der Waals surface area contributed by atoms with Gasteiger partial charge in [-0.25, -0.2) is 0 Å². The number of hydrogen-bond acceptors (Lipinski definition) is 3. The van der Waals surface area contributed by atoms with Crippen LogP contribution in [0.4, 0.5) is 0 Å². The Labute approximate surface area is 136 Å². The summed E-state index contributed by atoms with van der Waals surface area (Å²) in [7, 11) is 0. The number of hydrogen-bond donors (Lipinski definition) is 3. The third-order valence-electron chi connectivity index (χ3n) is 4.54. The smallest absolute Gasteiger partial charge is 0.258 e. The van der Waals surface area contributed by atoms with Crippen molar-refractivity contribution in [2.24, 2.45) is 0 Å². The van der Waals surface area contributed by atoms with Crippen molar-refractivity contribution in [1.29, 1.82) is 0 Å². The molecule has 124 valence electrons. The van der Waals surface area contributed by atoms with Gasteiger partial charge in [-0.3, -0.25) is 4.79 Å². The number of fused-ring (bicyclic) bond motifs is 1. The molecule has 0 aliphatic heterocycles. The van der Waals surface area contributed by atoms with E-state index < -0.39 is 0 Å². The van der Waals surface area contributed by atoms with Gasteiger partial charge < -0.3 is 20.1 Å². The maximum atomic E-state index is 11.7. The molecular weight excluding hydrogens is 292 g/mol. The number of H-pyrrole nitrogens is 1. The van der Waals surface area contributed by atoms with E-state index in [9.17, 15) is 4.79 Å². The number of aliphatic hydroxyl groups is 1. The molecule has 0 saturated heterocycles. The highest BCUT2D eigenvalue weighted by Gasteiger charge is 2.21. The zero-order valence-corrected chi connectivity index (χ0v) is 13.3. The fraction of sp³-hybridized carbons (Fsp3) is 0.500. The molecule has 23 heavy (non-hydrogen) atoms. The largest absolute Gasteiger partial charge is 0.483 e. The van der Waals surface area contributed by atoms with Crippen LogP contribution in [0.1, 0.15) is 43.6 Å². The molecule has 3 rings (SSSR count). The topological polar surface area (TPSA) is 74.4 Å². The molecule has 1 aromatic carbocycles. The van der Waals surface area contributed by atoms with Crippen LogP contribution in [0.25, 0.3) is 10.9 Å². The Hall–Kier alpha value is -2.01. The van der Waals surface area contributed by atoms with E-state index in [1.165, 1.54) is 37.7 Å². The Kier molecular flexibility index (Phi) is 5.18. The summed E-state index contributed by atoms with van der Waals surface area (Å²) >= 11 is 0. The lowest BCUT2D eigenvalue weighted by Crippen LogP contribution is -2.31. The Bertz CT molecular complexity index is 659. The number of ether oxygens (including phenoxy) is 1. The molecule has 1 aromatic heterocycles. The first-order valence-electron chi connectivity index (χ1n) is 8.40. The van der Waals surface area contributed by atoms with Gasteiger partial charge >= 0.3 is 0 Å². The van der Waals surface area contributed by atoms with E-state index in [1.807, 2.05) is 18.2 Å². The first-order valence-corrected chi connectivity index (χ1v) is 8.40. The van der Waals surface area contributed by atoms with Crippen LogP contribution in [0, 0.1) is 0 Å². The van der Waals surface area contributed by atoms with Gasteiger partial charge in [0.1, 0.15) is 5.75 Å². The number of amides is 1. The summed E-state index contributed by atoms with van der Waals surface area (Å²) in [6.45, 7) is 0.156. The molecule has 1 heterocycles. The second-order valence-electron chi connectivity index (χ2n) is 6.12. The molecule has 5 nitrogen and oxygen atoms in total. The van der Waals surface area contributed by atoms with Crippen molar-refractivity contribution >= 4 is 16.8 Å². The summed E-state index contributed by atoms with van der Waals surface area (Å²) in [6, 6.07) is 5.90. The van der Waals surface area contributed by atoms with Crippen LogP contribution in [-0.4, -0.2) is 35.8 Å². The highest BCUT2D eigenvalue weighted by molar-refractivity contribution is 5.90. The van der Waals surface area contributed by atoms with E-state index in [-0.39, 0.29) is 25.7 Å². The zero-order chi connectivity index (χ0) is 16.1. The fourth-order valence-electron chi connectivity index (χ4n) is 3.42. The van der Waals surface area contributed by atoms with Crippen LogP contribution < -0.4 is 10.1 Å². The van der Waals surface area contributed by atoms with Crippen LogP contribution in [-0.2, 0) is 4.79 Å². The number of carbonyl (C=O) groups is 1. The minimum Gasteiger partial charge on any atom is -0.483 e. The van der Waals surface area contributed by atoms with E-state index in [0.717, 1.165) is 16.7 Å². The normalized spacial score (nSPS) is 15.7. The first kappa shape index (κ1) is 15.9. The van der Waals surface area contributed by atoms with Crippen LogP contribution in [0.5, 0.6) is 5.75 Å². The van der Waals surface area contributed by atoms with Crippen molar-refractivity contribution in [2.75, 3.05) is 19.8 Å². The molecule has 1 amide bonds. The van der Waals surface area contributed by atoms with Crippen LogP contribution >= 0.6 is 0 Å². The lowest BCUT2D eigenvalue weighted by Gasteiger charge is -2.21. The molecule has 2 aromatic rings. The highest BCUT2D eigenvalue weighted by Crippen LogP contribution is 2.39. The standard InChI is InChI=1S/C18H24N2O3/c21-10-9-19-17(22)12-23-16-8-4-7-15-18(16)14(11-20-15)13-5-2-1-3-6-13/h4,7-8,11,13,20-21H,1-3,5-6,9-10,12H2,(H,19,22). The number of aromatic nitrogens is 1. The minimum absolute atomic E-state index is 0.0333. The zero-order valence-electron chi connectivity index (χ0n) is 13.3. The molecule has 1 aliphatic carbocycles. The Morgan fingerprint density at radius 2 is 2.13 bits per heavy atom. The molecule has 0 radical (unpaired) electrons. The number of carbonyl (C=O) groups excluding carboxylic acids is 1. The van der Waals surface area contributed by atoms with E-state index in [0.29, 0.717) is 5.92 Å². The third-order valence-corrected chi connectivity index (χ3v) is 4.54. The molecule has 0 spiro atoms. The van der Waals surface area contributed by atoms with Gasteiger partial charge in [-0.15, -0.1) is 0 Å². The van der Waals surface area contributed by atoms with E-state index in [4.69, 9.17) is 9.84 Å². The van der Waals surface area contributed by atoms with Gasteiger partial charge in [0.2, 0.25) is 0 Å². The predicted molar refractivity (Wildman–Crippen MR) is 89.7 cm³/mol. The number of aromatic amines is 1. The highest BCUT2D eigenvalue weighted by atomic mass is 16.5. The number of nitrogens with one attached hydrogen (secondary N) is 2. The molecule has 1 saturated carbocycles. The second-order valence-corrected chi connectivity index (χ2v) is 6.12. The van der Waals surface area contributed by atoms with Gasteiger partial charge in [-0.1, -0.05) is 25.3 Å². The summed E-state index contributed by atoms with van der Waals surface area (Å²) in [4.78, 5) is 15.0. The lowest BCUT2D eigenvalue weighted by atomic mass is 9.84. The van der Waals surface area contributed by atoms with Gasteiger partial charge in [0.25, 0.3) is 5.91 Å². The molecule has 0 atom stereocenters. The molecule has 1 aliphatic rings. The van der Waals surface area contributed by atoms with Gasteiger partial charge in [0, 0.05) is 23.6 Å². The summed E-state index contributed by atoms with van der Waals surface area (Å²) < 4.78 is 5.75. The lowest BCUT2D eigenvalue weighted by molar-refractivity contribution is -0.123. The monoisotopic (exact) mass is 316 g/mol. The van der Waals surface area contributed by atoms with Crippen molar-refractivity contribution in [3.05, 3.63) is 30.0 Å². The average molecular weight is 316 g/mol. The van der Waals surface area contributed by atoms with Gasteiger partial charge in [-0.2, -0.15) is 0 Å². The molecule has 0 unspecified atom stereocenters. The summed E-state index contributed by atoms with van der Waals surface area (Å²) in [6.07, 6.45) is 8.43. The van der Waals surface area contributed by atoms with Crippen molar-refractivity contribution < 1.29 is 14.6 Å². The summed E-state index contributed by atoms with van der Waals surface area (Å²) in [5.41, 5.74) is 2.37. The number of benzene rings is 1. The van der Waals surface area contributed by atoms with Gasteiger partial charge in [-0.05, 0) is 36.5 Å². The van der Waals surface area contributed by atoms with Crippen LogP contribution in [0.15, 0.2) is 24.4 Å². The quantitative estimate of drug-likeness (QED) is 0.767. The molecule has 3 N–H and O–H groups in total. The van der Waals surface area contributed by atoms with E-state index >= 15 is 0 Å². The third kappa shape index (κ3) is 3.67. The van der Waals surface area contributed by atoms with Crippen molar-refractivity contribution in [3.8, 4) is 5.75 Å². The van der Waals surface area contributed by atoms with Crippen molar-refractivity contribution in [3.63, 3.8) is 0 Å². The minimum atomic E-state index is -0.217. The number of rotatable bonds is 6. The maximum Gasteiger partial charge on any atom is 0.258 e. The SMILES string of the molecule is O=C(COc1cccc2[nH]cc(C3CCCCC3)c12)NCCO. The first-order chi connectivity index (χ1) is 11.3. The van der Waals surface area contributed by atoms with Gasteiger partial charge in [0.05, 0.1) is 6.61 Å². The predicted octanol–water partition coefficient (Wildman–Crippen LogP) is 2.70. The van der Waals surface area contributed by atoms with E-state index in [2.05, 4.69) is 16.5 Å². The maximum absolute atomic E-state index is 11.7. The molecule has 1 fully saturated rings.